The van der Waals surface area contributed by atoms with Crippen molar-refractivity contribution >= 4 is 17.5 Å². The van der Waals surface area contributed by atoms with Crippen LogP contribution in [-0.4, -0.2) is 22.4 Å². The monoisotopic (exact) mass is 362 g/mol. The summed E-state index contributed by atoms with van der Waals surface area (Å²) in [5.74, 6) is 1.51. The predicted molar refractivity (Wildman–Crippen MR) is 106 cm³/mol. The van der Waals surface area contributed by atoms with E-state index in [0.29, 0.717) is 29.6 Å². The molecule has 6 heteroatoms. The Balaban J connectivity index is 1.74. The molecule has 0 aliphatic rings. The maximum atomic E-state index is 12.2. The first-order valence-corrected chi connectivity index (χ1v) is 8.96. The van der Waals surface area contributed by atoms with Crippen molar-refractivity contribution in [1.29, 1.82) is 0 Å². The zero-order chi connectivity index (χ0) is 18.9. The van der Waals surface area contributed by atoms with Crippen LogP contribution in [0.4, 0.5) is 11.6 Å². The lowest BCUT2D eigenvalue weighted by molar-refractivity contribution is 0.0948. The van der Waals surface area contributed by atoms with E-state index in [-0.39, 0.29) is 5.91 Å². The highest BCUT2D eigenvalue weighted by Crippen LogP contribution is 2.30. The summed E-state index contributed by atoms with van der Waals surface area (Å²) < 4.78 is 5.93. The Morgan fingerprint density at radius 3 is 2.63 bits per heavy atom. The summed E-state index contributed by atoms with van der Waals surface area (Å²) in [5, 5.41) is 5.98. The minimum atomic E-state index is -0.206. The second-order valence-electron chi connectivity index (χ2n) is 5.91. The number of para-hydroxylation sites is 3. The van der Waals surface area contributed by atoms with Crippen LogP contribution >= 0.6 is 0 Å². The van der Waals surface area contributed by atoms with E-state index in [1.807, 2.05) is 54.6 Å². The van der Waals surface area contributed by atoms with Crippen molar-refractivity contribution < 1.29 is 9.53 Å². The van der Waals surface area contributed by atoms with Crippen LogP contribution in [0.15, 0.2) is 66.9 Å². The highest BCUT2D eigenvalue weighted by Gasteiger charge is 2.10. The molecule has 3 rings (SSSR count). The molecule has 3 aromatic rings. The number of nitrogens with one attached hydrogen (secondary N) is 2. The molecule has 0 saturated carbocycles. The summed E-state index contributed by atoms with van der Waals surface area (Å²) in [6, 6.07) is 18.6. The third kappa shape index (κ3) is 5.28. The molecule has 1 heterocycles. The van der Waals surface area contributed by atoms with Gasteiger partial charge in [0.15, 0.2) is 5.75 Å². The van der Waals surface area contributed by atoms with E-state index in [2.05, 4.69) is 27.5 Å². The number of ether oxygens (including phenoxy) is 1. The maximum Gasteiger partial charge on any atom is 0.270 e. The number of hydrogen-bond donors (Lipinski definition) is 2. The summed E-state index contributed by atoms with van der Waals surface area (Å²) >= 11 is 0. The third-order valence-electron chi connectivity index (χ3n) is 3.81. The first-order valence-electron chi connectivity index (χ1n) is 8.96. The number of anilines is 2. The van der Waals surface area contributed by atoms with Gasteiger partial charge in [0, 0.05) is 12.7 Å². The molecule has 1 aromatic heterocycles. The fourth-order valence-corrected chi connectivity index (χ4v) is 2.41. The molecule has 0 saturated heterocycles. The molecule has 1 amide bonds. The zero-order valence-electron chi connectivity index (χ0n) is 15.2. The molecule has 2 aromatic carbocycles. The molecule has 0 radical (unpaired) electrons. The van der Waals surface area contributed by atoms with Gasteiger partial charge in [-0.2, -0.15) is 0 Å². The van der Waals surface area contributed by atoms with Crippen molar-refractivity contribution in [2.75, 3.05) is 11.9 Å². The molecule has 27 heavy (non-hydrogen) atoms. The van der Waals surface area contributed by atoms with E-state index in [9.17, 15) is 4.79 Å². The van der Waals surface area contributed by atoms with Gasteiger partial charge >= 0.3 is 0 Å². The molecule has 0 atom stereocenters. The summed E-state index contributed by atoms with van der Waals surface area (Å²) in [7, 11) is 0. The first kappa shape index (κ1) is 18.4. The zero-order valence-corrected chi connectivity index (χ0v) is 15.2. The Kier molecular flexibility index (Phi) is 6.35. The van der Waals surface area contributed by atoms with E-state index in [1.165, 1.54) is 0 Å². The molecule has 6 nitrogen and oxygen atoms in total. The molecule has 138 valence electrons. The van der Waals surface area contributed by atoms with Gasteiger partial charge in [0.25, 0.3) is 5.91 Å². The van der Waals surface area contributed by atoms with Crippen LogP contribution in [0.5, 0.6) is 11.5 Å². The first-order chi connectivity index (χ1) is 13.3. The minimum absolute atomic E-state index is 0.206. The van der Waals surface area contributed by atoms with Gasteiger partial charge < -0.3 is 15.4 Å². The second kappa shape index (κ2) is 9.33. The van der Waals surface area contributed by atoms with Gasteiger partial charge in [0.2, 0.25) is 5.95 Å². The summed E-state index contributed by atoms with van der Waals surface area (Å²) in [6.07, 6.45) is 3.52. The number of nitrogens with zero attached hydrogens (tertiary/aromatic N) is 2. The Bertz CT molecular complexity index is 884. The van der Waals surface area contributed by atoms with Gasteiger partial charge in [0.1, 0.15) is 11.4 Å². The number of rotatable bonds is 8. The largest absolute Gasteiger partial charge is 0.455 e. The molecule has 0 aliphatic carbocycles. The minimum Gasteiger partial charge on any atom is -0.455 e. The Labute approximate surface area is 158 Å². The van der Waals surface area contributed by atoms with Gasteiger partial charge in [-0.05, 0) is 36.8 Å². The molecule has 0 aliphatic heterocycles. The standard InChI is InChI=1S/C21H22N4O2/c1-2-3-14-22-20(26)18-13-15-23-21(25-18)24-17-11-7-8-12-19(17)27-16-9-5-4-6-10-16/h4-13,15H,2-3,14H2,1H3,(H,22,26)(H,23,24,25). The summed E-state index contributed by atoms with van der Waals surface area (Å²) in [4.78, 5) is 20.7. The Morgan fingerprint density at radius 2 is 1.81 bits per heavy atom. The Morgan fingerprint density at radius 1 is 1.04 bits per heavy atom. The van der Waals surface area contributed by atoms with Gasteiger partial charge in [-0.3, -0.25) is 4.79 Å². The fourth-order valence-electron chi connectivity index (χ4n) is 2.41. The Hall–Kier alpha value is -3.41. The number of amides is 1. The molecule has 2 N–H and O–H groups in total. The van der Waals surface area contributed by atoms with E-state index in [1.54, 1.807) is 12.3 Å². The quantitative estimate of drug-likeness (QED) is 0.575. The van der Waals surface area contributed by atoms with E-state index in [4.69, 9.17) is 4.74 Å². The van der Waals surface area contributed by atoms with Crippen LogP contribution < -0.4 is 15.4 Å². The van der Waals surface area contributed by atoms with Crippen LogP contribution in [0.25, 0.3) is 0 Å². The topological polar surface area (TPSA) is 76.1 Å². The molecule has 0 fully saturated rings. The van der Waals surface area contributed by atoms with Crippen LogP contribution in [-0.2, 0) is 0 Å². The molecule has 0 unspecified atom stereocenters. The average molecular weight is 362 g/mol. The number of carbonyl (C=O) groups is 1. The number of carbonyl (C=O) groups excluding carboxylic acids is 1. The van der Waals surface area contributed by atoms with Crippen LogP contribution in [0, 0.1) is 0 Å². The van der Waals surface area contributed by atoms with Gasteiger partial charge in [0.05, 0.1) is 5.69 Å². The van der Waals surface area contributed by atoms with Gasteiger partial charge in [-0.25, -0.2) is 9.97 Å². The van der Waals surface area contributed by atoms with E-state index < -0.39 is 0 Å². The lowest BCUT2D eigenvalue weighted by atomic mass is 10.3. The van der Waals surface area contributed by atoms with Crippen molar-refractivity contribution in [2.24, 2.45) is 0 Å². The lowest BCUT2D eigenvalue weighted by Crippen LogP contribution is -2.25. The van der Waals surface area contributed by atoms with E-state index in [0.717, 1.165) is 18.6 Å². The molecule has 0 spiro atoms. The normalized spacial score (nSPS) is 10.3. The van der Waals surface area contributed by atoms with Gasteiger partial charge in [-0.1, -0.05) is 43.7 Å². The highest BCUT2D eigenvalue weighted by atomic mass is 16.5. The maximum absolute atomic E-state index is 12.2. The van der Waals surface area contributed by atoms with E-state index >= 15 is 0 Å². The second-order valence-corrected chi connectivity index (χ2v) is 5.91. The van der Waals surface area contributed by atoms with Crippen molar-refractivity contribution in [3.8, 4) is 11.5 Å². The predicted octanol–water partition coefficient (Wildman–Crippen LogP) is 4.54. The SMILES string of the molecule is CCCCNC(=O)c1ccnc(Nc2ccccc2Oc2ccccc2)n1. The smallest absolute Gasteiger partial charge is 0.270 e. The third-order valence-corrected chi connectivity index (χ3v) is 3.81. The van der Waals surface area contributed by atoms with Crippen molar-refractivity contribution in [3.63, 3.8) is 0 Å². The highest BCUT2D eigenvalue weighted by molar-refractivity contribution is 5.92. The number of aromatic nitrogens is 2. The molecular formula is C21H22N4O2. The van der Waals surface area contributed by atoms with Crippen molar-refractivity contribution in [3.05, 3.63) is 72.6 Å². The fraction of sp³-hybridized carbons (Fsp3) is 0.190. The number of benzene rings is 2. The number of unbranched alkanes of at least 4 members (excludes halogenated alkanes) is 1. The summed E-state index contributed by atoms with van der Waals surface area (Å²) in [6.45, 7) is 2.71. The van der Waals surface area contributed by atoms with Gasteiger partial charge in [-0.15, -0.1) is 0 Å². The average Bonchev–Trinajstić information content (AvgIpc) is 2.71. The van der Waals surface area contributed by atoms with Crippen LogP contribution in [0.3, 0.4) is 0 Å². The van der Waals surface area contributed by atoms with Crippen LogP contribution in [0.1, 0.15) is 30.3 Å². The van der Waals surface area contributed by atoms with Crippen molar-refractivity contribution in [1.82, 2.24) is 15.3 Å². The van der Waals surface area contributed by atoms with Crippen molar-refractivity contribution in [2.45, 2.75) is 19.8 Å². The lowest BCUT2D eigenvalue weighted by Gasteiger charge is -2.12. The summed E-state index contributed by atoms with van der Waals surface area (Å²) in [5.41, 5.74) is 1.04. The number of hydrogen-bond acceptors (Lipinski definition) is 5. The molecular weight excluding hydrogens is 340 g/mol. The molecule has 0 bridgehead atoms. The van der Waals surface area contributed by atoms with Crippen LogP contribution in [0.2, 0.25) is 0 Å².